The van der Waals surface area contributed by atoms with Crippen LogP contribution in [-0.4, -0.2) is 12.2 Å². The van der Waals surface area contributed by atoms with Crippen LogP contribution in [0.25, 0.3) is 0 Å². The molecule has 2 atom stereocenters. The number of rotatable bonds is 26. The molecule has 0 aromatic rings. The molecule has 188 valence electrons. The number of unbranched alkanes of at least 4 members (excludes halogenated alkanes) is 16. The van der Waals surface area contributed by atoms with Crippen molar-refractivity contribution in [2.75, 3.05) is 0 Å². The van der Waals surface area contributed by atoms with Crippen LogP contribution in [0.2, 0.25) is 0 Å². The monoisotopic (exact) mass is 438 g/mol. The Morgan fingerprint density at radius 1 is 0.323 bits per heavy atom. The summed E-state index contributed by atoms with van der Waals surface area (Å²) < 4.78 is 6.68. The van der Waals surface area contributed by atoms with E-state index in [0.29, 0.717) is 12.2 Å². The molecule has 0 aliphatic carbocycles. The lowest BCUT2D eigenvalue weighted by Gasteiger charge is -2.25. The number of hydrogen-bond acceptors (Lipinski definition) is 1. The van der Waals surface area contributed by atoms with Crippen LogP contribution in [0.5, 0.6) is 0 Å². The molecule has 0 amide bonds. The molecule has 1 heteroatoms. The summed E-state index contributed by atoms with van der Waals surface area (Å²) in [6.07, 6.45) is 34.2. The molecular weight excluding hydrogens is 376 g/mol. The van der Waals surface area contributed by atoms with Crippen molar-refractivity contribution >= 4 is 0 Å². The zero-order valence-corrected chi connectivity index (χ0v) is 22.5. The maximum Gasteiger partial charge on any atom is 0.0578 e. The van der Waals surface area contributed by atoms with Gasteiger partial charge in [-0.05, 0) is 25.7 Å². The smallest absolute Gasteiger partial charge is 0.0578 e. The fourth-order valence-electron chi connectivity index (χ4n) is 4.84. The van der Waals surface area contributed by atoms with Crippen LogP contribution in [0, 0.1) is 0 Å². The fourth-order valence-corrected chi connectivity index (χ4v) is 4.84. The second kappa shape index (κ2) is 26.2. The summed E-state index contributed by atoms with van der Waals surface area (Å²) in [5, 5.41) is 0. The Kier molecular flexibility index (Phi) is 26.2. The van der Waals surface area contributed by atoms with Crippen LogP contribution >= 0.6 is 0 Å². The molecule has 2 unspecified atom stereocenters. The quantitative estimate of drug-likeness (QED) is 0.122. The molecule has 0 aliphatic rings. The van der Waals surface area contributed by atoms with Gasteiger partial charge in [-0.3, -0.25) is 0 Å². The van der Waals surface area contributed by atoms with Gasteiger partial charge in [-0.15, -0.1) is 0 Å². The first-order chi connectivity index (χ1) is 15.3. The molecule has 0 aliphatic heterocycles. The highest BCUT2D eigenvalue weighted by Crippen LogP contribution is 2.21. The lowest BCUT2D eigenvalue weighted by atomic mass is 10.0. The van der Waals surface area contributed by atoms with Crippen molar-refractivity contribution in [1.29, 1.82) is 0 Å². The molecule has 0 saturated heterocycles. The number of hydrogen-bond donors (Lipinski definition) is 0. The van der Waals surface area contributed by atoms with Crippen LogP contribution in [-0.2, 0) is 4.74 Å². The average molecular weight is 439 g/mol. The van der Waals surface area contributed by atoms with E-state index in [4.69, 9.17) is 4.74 Å². The second-order valence-electron chi connectivity index (χ2n) is 10.2. The van der Waals surface area contributed by atoms with Crippen LogP contribution in [0.15, 0.2) is 0 Å². The van der Waals surface area contributed by atoms with Crippen LogP contribution < -0.4 is 0 Å². The van der Waals surface area contributed by atoms with Crippen molar-refractivity contribution in [1.82, 2.24) is 0 Å². The van der Waals surface area contributed by atoms with Crippen molar-refractivity contribution in [3.63, 3.8) is 0 Å². The van der Waals surface area contributed by atoms with Crippen molar-refractivity contribution in [3.05, 3.63) is 0 Å². The third kappa shape index (κ3) is 22.9. The van der Waals surface area contributed by atoms with Gasteiger partial charge < -0.3 is 4.74 Å². The first kappa shape index (κ1) is 31.0. The molecule has 0 aromatic heterocycles. The molecule has 0 saturated carbocycles. The van der Waals surface area contributed by atoms with Gasteiger partial charge >= 0.3 is 0 Å². The normalized spacial score (nSPS) is 13.5. The van der Waals surface area contributed by atoms with E-state index in [1.165, 1.54) is 154 Å². The third-order valence-electron chi connectivity index (χ3n) is 6.87. The summed E-state index contributed by atoms with van der Waals surface area (Å²) >= 11 is 0. The minimum atomic E-state index is 0.518. The molecule has 0 rings (SSSR count). The largest absolute Gasteiger partial charge is 0.375 e. The Hall–Kier alpha value is -0.0400. The third-order valence-corrected chi connectivity index (χ3v) is 6.87. The van der Waals surface area contributed by atoms with E-state index in [-0.39, 0.29) is 0 Å². The minimum absolute atomic E-state index is 0.518. The zero-order valence-electron chi connectivity index (χ0n) is 22.5. The highest BCUT2D eigenvalue weighted by Gasteiger charge is 2.15. The Morgan fingerprint density at radius 3 is 0.903 bits per heavy atom. The SMILES string of the molecule is CCCCCCCCCCCC(CCC)OC(CCC)CCCCCCCCCCC. The predicted octanol–water partition coefficient (Wildman–Crippen LogP) is 11.2. The fraction of sp³-hybridized carbons (Fsp3) is 1.00. The molecule has 0 spiro atoms. The lowest BCUT2D eigenvalue weighted by molar-refractivity contribution is -0.0308. The van der Waals surface area contributed by atoms with Gasteiger partial charge in [0.05, 0.1) is 12.2 Å². The van der Waals surface area contributed by atoms with Gasteiger partial charge in [0.2, 0.25) is 0 Å². The van der Waals surface area contributed by atoms with Gasteiger partial charge in [0.15, 0.2) is 0 Å². The topological polar surface area (TPSA) is 9.23 Å². The number of ether oxygens (including phenoxy) is 1. The summed E-state index contributed by atoms with van der Waals surface area (Å²) in [5.41, 5.74) is 0. The predicted molar refractivity (Wildman–Crippen MR) is 142 cm³/mol. The van der Waals surface area contributed by atoms with Crippen molar-refractivity contribution < 1.29 is 4.74 Å². The Balaban J connectivity index is 3.88. The van der Waals surface area contributed by atoms with Gasteiger partial charge in [-0.1, -0.05) is 156 Å². The molecule has 31 heavy (non-hydrogen) atoms. The van der Waals surface area contributed by atoms with Gasteiger partial charge in [0.1, 0.15) is 0 Å². The van der Waals surface area contributed by atoms with Gasteiger partial charge in [0.25, 0.3) is 0 Å². The van der Waals surface area contributed by atoms with E-state index >= 15 is 0 Å². The highest BCUT2D eigenvalue weighted by atomic mass is 16.5. The summed E-state index contributed by atoms with van der Waals surface area (Å²) in [4.78, 5) is 0. The molecular formula is C30H62O. The second-order valence-corrected chi connectivity index (χ2v) is 10.2. The van der Waals surface area contributed by atoms with Crippen molar-refractivity contribution in [2.45, 2.75) is 194 Å². The van der Waals surface area contributed by atoms with Crippen molar-refractivity contribution in [2.24, 2.45) is 0 Å². The van der Waals surface area contributed by atoms with Crippen LogP contribution in [0.4, 0.5) is 0 Å². The Labute approximate surface area is 198 Å². The first-order valence-electron chi connectivity index (χ1n) is 14.9. The highest BCUT2D eigenvalue weighted by molar-refractivity contribution is 4.65. The molecule has 1 nitrogen and oxygen atoms in total. The molecule has 0 aromatic carbocycles. The molecule has 0 bridgehead atoms. The van der Waals surface area contributed by atoms with Gasteiger partial charge in [0, 0.05) is 0 Å². The van der Waals surface area contributed by atoms with Crippen LogP contribution in [0.3, 0.4) is 0 Å². The van der Waals surface area contributed by atoms with E-state index in [0.717, 1.165) is 0 Å². The summed E-state index contributed by atoms with van der Waals surface area (Å²) in [5.74, 6) is 0. The van der Waals surface area contributed by atoms with E-state index in [9.17, 15) is 0 Å². The van der Waals surface area contributed by atoms with Gasteiger partial charge in [-0.25, -0.2) is 0 Å². The summed E-state index contributed by atoms with van der Waals surface area (Å²) in [6.45, 7) is 9.25. The standard InChI is InChI=1S/C30H62O/c1-5-9-11-13-15-17-19-21-23-27-29(25-7-3)31-30(26-8-4)28-24-22-20-18-16-14-12-10-6-2/h29-30H,5-28H2,1-4H3. The van der Waals surface area contributed by atoms with E-state index in [1.54, 1.807) is 0 Å². The van der Waals surface area contributed by atoms with Crippen LogP contribution in [0.1, 0.15) is 182 Å². The maximum atomic E-state index is 6.68. The Morgan fingerprint density at radius 2 is 0.613 bits per heavy atom. The zero-order chi connectivity index (χ0) is 22.8. The summed E-state index contributed by atoms with van der Waals surface area (Å²) in [7, 11) is 0. The summed E-state index contributed by atoms with van der Waals surface area (Å²) in [6, 6.07) is 0. The molecule has 0 N–H and O–H groups in total. The Bertz CT molecular complexity index is 284. The van der Waals surface area contributed by atoms with E-state index < -0.39 is 0 Å². The molecule has 0 fully saturated rings. The van der Waals surface area contributed by atoms with E-state index in [1.807, 2.05) is 0 Å². The molecule has 0 radical (unpaired) electrons. The minimum Gasteiger partial charge on any atom is -0.375 e. The maximum absolute atomic E-state index is 6.68. The average Bonchev–Trinajstić information content (AvgIpc) is 2.77. The molecule has 0 heterocycles. The first-order valence-corrected chi connectivity index (χ1v) is 14.9. The van der Waals surface area contributed by atoms with E-state index in [2.05, 4.69) is 27.7 Å². The van der Waals surface area contributed by atoms with Crippen molar-refractivity contribution in [3.8, 4) is 0 Å². The lowest BCUT2D eigenvalue weighted by Crippen LogP contribution is -2.22. The van der Waals surface area contributed by atoms with Gasteiger partial charge in [-0.2, -0.15) is 0 Å².